The third kappa shape index (κ3) is 3.86. The number of rotatable bonds is 8. The van der Waals surface area contributed by atoms with Crippen molar-refractivity contribution >= 4 is 10.0 Å². The molecular formula is C11H19N7O2S. The van der Waals surface area contributed by atoms with E-state index in [1.807, 2.05) is 6.92 Å². The summed E-state index contributed by atoms with van der Waals surface area (Å²) in [6, 6.07) is 0. The van der Waals surface area contributed by atoms with Crippen molar-refractivity contribution in [2.24, 2.45) is 0 Å². The van der Waals surface area contributed by atoms with E-state index in [9.17, 15) is 8.42 Å². The summed E-state index contributed by atoms with van der Waals surface area (Å²) in [5.41, 5.74) is 1.01. The van der Waals surface area contributed by atoms with Crippen molar-refractivity contribution in [3.63, 3.8) is 0 Å². The van der Waals surface area contributed by atoms with Crippen LogP contribution in [0.15, 0.2) is 17.3 Å². The molecule has 2 rings (SSSR count). The van der Waals surface area contributed by atoms with E-state index in [-0.39, 0.29) is 11.4 Å². The first-order chi connectivity index (χ1) is 10.0. The smallest absolute Gasteiger partial charge is 0.244 e. The fourth-order valence-corrected chi connectivity index (χ4v) is 3.29. The van der Waals surface area contributed by atoms with Crippen molar-refractivity contribution in [1.82, 2.24) is 35.2 Å². The maximum Gasteiger partial charge on any atom is 0.244 e. The van der Waals surface area contributed by atoms with Gasteiger partial charge in [-0.15, -0.1) is 5.10 Å². The third-order valence-electron chi connectivity index (χ3n) is 2.88. The first-order valence-electron chi connectivity index (χ1n) is 6.63. The topological polar surface area (TPSA) is 118 Å². The molecule has 0 radical (unpaired) electrons. The monoisotopic (exact) mass is 313 g/mol. The minimum atomic E-state index is -3.61. The van der Waals surface area contributed by atoms with E-state index in [0.29, 0.717) is 24.5 Å². The van der Waals surface area contributed by atoms with Gasteiger partial charge in [0, 0.05) is 19.3 Å². The number of aromatic amines is 1. The largest absolute Gasteiger partial charge is 0.311 e. The summed E-state index contributed by atoms with van der Waals surface area (Å²) in [7, 11) is -3.61. The molecule has 0 aliphatic rings. The van der Waals surface area contributed by atoms with Crippen molar-refractivity contribution in [3.05, 3.63) is 23.8 Å². The SMILES string of the molecule is CCNCc1n[nH]c(C)c1S(=O)(=O)NCCn1ccnn1. The van der Waals surface area contributed by atoms with E-state index in [1.165, 1.54) is 0 Å². The lowest BCUT2D eigenvalue weighted by molar-refractivity contribution is 0.551. The lowest BCUT2D eigenvalue weighted by atomic mass is 10.3. The molecule has 0 saturated heterocycles. The molecular weight excluding hydrogens is 294 g/mol. The number of aromatic nitrogens is 5. The van der Waals surface area contributed by atoms with Crippen molar-refractivity contribution in [1.29, 1.82) is 0 Å². The van der Waals surface area contributed by atoms with Crippen LogP contribution < -0.4 is 10.0 Å². The molecule has 0 atom stereocenters. The van der Waals surface area contributed by atoms with E-state index in [1.54, 1.807) is 24.0 Å². The second-order valence-corrected chi connectivity index (χ2v) is 6.17. The van der Waals surface area contributed by atoms with Crippen LogP contribution in [0.5, 0.6) is 0 Å². The van der Waals surface area contributed by atoms with Crippen LogP contribution in [-0.2, 0) is 23.1 Å². The lowest BCUT2D eigenvalue weighted by Gasteiger charge is -2.08. The molecule has 10 heteroatoms. The van der Waals surface area contributed by atoms with E-state index < -0.39 is 10.0 Å². The summed E-state index contributed by atoms with van der Waals surface area (Å²) in [4.78, 5) is 0.210. The molecule has 2 aromatic heterocycles. The molecule has 0 fully saturated rings. The molecule has 21 heavy (non-hydrogen) atoms. The number of hydrogen-bond acceptors (Lipinski definition) is 6. The summed E-state index contributed by atoms with van der Waals surface area (Å²) in [6.07, 6.45) is 3.22. The van der Waals surface area contributed by atoms with Gasteiger partial charge in [-0.3, -0.25) is 9.78 Å². The number of sulfonamides is 1. The van der Waals surface area contributed by atoms with Crippen LogP contribution in [0.3, 0.4) is 0 Å². The van der Waals surface area contributed by atoms with E-state index >= 15 is 0 Å². The van der Waals surface area contributed by atoms with Gasteiger partial charge in [0.1, 0.15) is 4.90 Å². The van der Waals surface area contributed by atoms with Crippen LogP contribution in [0, 0.1) is 6.92 Å². The highest BCUT2D eigenvalue weighted by molar-refractivity contribution is 7.89. The maximum absolute atomic E-state index is 12.4. The molecule has 0 saturated carbocycles. The number of nitrogens with one attached hydrogen (secondary N) is 3. The predicted molar refractivity (Wildman–Crippen MR) is 75.9 cm³/mol. The molecule has 0 aliphatic carbocycles. The molecule has 2 heterocycles. The standard InChI is InChI=1S/C11H19N7O2S/c1-3-12-8-10-11(9(2)15-16-10)21(19,20)14-5-7-18-6-4-13-17-18/h4,6,12,14H,3,5,7-8H2,1-2H3,(H,15,16). The Hall–Kier alpha value is -1.78. The molecule has 0 bridgehead atoms. The predicted octanol–water partition coefficient (Wildman–Crippen LogP) is -0.602. The van der Waals surface area contributed by atoms with Crippen molar-refractivity contribution in [2.75, 3.05) is 13.1 Å². The zero-order chi connectivity index (χ0) is 15.3. The van der Waals surface area contributed by atoms with E-state index in [2.05, 4.69) is 30.5 Å². The average molecular weight is 313 g/mol. The fourth-order valence-electron chi connectivity index (χ4n) is 1.91. The zero-order valence-corrected chi connectivity index (χ0v) is 12.8. The molecule has 0 aromatic carbocycles. The second-order valence-electron chi connectivity index (χ2n) is 4.47. The quantitative estimate of drug-likeness (QED) is 0.599. The average Bonchev–Trinajstić information content (AvgIpc) is 3.06. The highest BCUT2D eigenvalue weighted by Crippen LogP contribution is 2.17. The number of nitrogens with zero attached hydrogens (tertiary/aromatic N) is 4. The minimum absolute atomic E-state index is 0.210. The van der Waals surface area contributed by atoms with Gasteiger partial charge in [0.05, 0.1) is 24.1 Å². The first kappa shape index (κ1) is 15.6. The van der Waals surface area contributed by atoms with Crippen molar-refractivity contribution < 1.29 is 8.42 Å². The van der Waals surface area contributed by atoms with Gasteiger partial charge in [0.15, 0.2) is 0 Å². The van der Waals surface area contributed by atoms with Gasteiger partial charge < -0.3 is 5.32 Å². The lowest BCUT2D eigenvalue weighted by Crippen LogP contribution is -2.29. The number of aryl methyl sites for hydroxylation is 1. The van der Waals surface area contributed by atoms with Crippen molar-refractivity contribution in [3.8, 4) is 0 Å². The van der Waals surface area contributed by atoms with Gasteiger partial charge in [-0.1, -0.05) is 12.1 Å². The Balaban J connectivity index is 2.06. The summed E-state index contributed by atoms with van der Waals surface area (Å²) >= 11 is 0. The minimum Gasteiger partial charge on any atom is -0.311 e. The summed E-state index contributed by atoms with van der Waals surface area (Å²) in [6.45, 7) is 5.43. The van der Waals surface area contributed by atoms with Crippen molar-refractivity contribution in [2.45, 2.75) is 31.8 Å². The van der Waals surface area contributed by atoms with Gasteiger partial charge in [0.25, 0.3) is 0 Å². The molecule has 2 aromatic rings. The second kappa shape index (κ2) is 6.78. The summed E-state index contributed by atoms with van der Waals surface area (Å²) < 4.78 is 28.9. The van der Waals surface area contributed by atoms with E-state index in [0.717, 1.165) is 6.54 Å². The third-order valence-corrected chi connectivity index (χ3v) is 4.54. The molecule has 0 spiro atoms. The molecule has 0 unspecified atom stereocenters. The van der Waals surface area contributed by atoms with Crippen LogP contribution >= 0.6 is 0 Å². The van der Waals surface area contributed by atoms with Crippen LogP contribution in [0.1, 0.15) is 18.3 Å². The fraction of sp³-hybridized carbons (Fsp3) is 0.545. The van der Waals surface area contributed by atoms with Gasteiger partial charge >= 0.3 is 0 Å². The Bertz CT molecular complexity index is 663. The molecule has 3 N–H and O–H groups in total. The molecule has 0 amide bonds. The van der Waals surface area contributed by atoms with Gasteiger partial charge in [-0.25, -0.2) is 13.1 Å². The summed E-state index contributed by atoms with van der Waals surface area (Å²) in [5.74, 6) is 0. The van der Waals surface area contributed by atoms with Crippen LogP contribution in [0.2, 0.25) is 0 Å². The van der Waals surface area contributed by atoms with Crippen LogP contribution in [0.25, 0.3) is 0 Å². The Kier molecular flexibility index (Phi) is 5.04. The Morgan fingerprint density at radius 3 is 2.90 bits per heavy atom. The van der Waals surface area contributed by atoms with Gasteiger partial charge in [-0.05, 0) is 13.5 Å². The Morgan fingerprint density at radius 2 is 2.24 bits per heavy atom. The summed E-state index contributed by atoms with van der Waals surface area (Å²) in [5, 5.41) is 17.3. The van der Waals surface area contributed by atoms with Gasteiger partial charge in [-0.2, -0.15) is 5.10 Å². The normalized spacial score (nSPS) is 11.9. The highest BCUT2D eigenvalue weighted by Gasteiger charge is 2.23. The number of H-pyrrole nitrogens is 1. The van der Waals surface area contributed by atoms with Crippen LogP contribution in [0.4, 0.5) is 0 Å². The highest BCUT2D eigenvalue weighted by atomic mass is 32.2. The zero-order valence-electron chi connectivity index (χ0n) is 12.0. The molecule has 9 nitrogen and oxygen atoms in total. The van der Waals surface area contributed by atoms with Gasteiger partial charge in [0.2, 0.25) is 10.0 Å². The Labute approximate surface area is 123 Å². The number of hydrogen-bond donors (Lipinski definition) is 3. The Morgan fingerprint density at radius 1 is 1.43 bits per heavy atom. The van der Waals surface area contributed by atoms with E-state index in [4.69, 9.17) is 0 Å². The maximum atomic E-state index is 12.4. The van der Waals surface area contributed by atoms with Crippen LogP contribution in [-0.4, -0.2) is 46.7 Å². The molecule has 116 valence electrons. The molecule has 0 aliphatic heterocycles. The first-order valence-corrected chi connectivity index (χ1v) is 8.11.